The molecule has 0 radical (unpaired) electrons. The summed E-state index contributed by atoms with van der Waals surface area (Å²) in [6.45, 7) is 4.06. The number of anilines is 1. The van der Waals surface area contributed by atoms with Gasteiger partial charge in [0.15, 0.2) is 5.11 Å². The van der Waals surface area contributed by atoms with Crippen molar-refractivity contribution in [2.45, 2.75) is 38.3 Å². The predicted octanol–water partition coefficient (Wildman–Crippen LogP) is 4.26. The standard InChI is InChI=1S/C17H24F3N3S/c18-17(19,20)14-7-5-8-15(13-14)22-16(24)21-9-6-12-23-10-3-1-2-4-11-23/h5,7-8,13H,1-4,6,9-12H2,(H2,21,22,24). The average Bonchev–Trinajstić information content (AvgIpc) is 2.80. The van der Waals surface area contributed by atoms with Gasteiger partial charge in [0.25, 0.3) is 0 Å². The minimum absolute atomic E-state index is 0.342. The Labute approximate surface area is 146 Å². The van der Waals surface area contributed by atoms with E-state index in [0.717, 1.165) is 38.2 Å². The van der Waals surface area contributed by atoms with E-state index in [1.54, 1.807) is 6.07 Å². The van der Waals surface area contributed by atoms with Crippen LogP contribution < -0.4 is 10.6 Å². The van der Waals surface area contributed by atoms with Gasteiger partial charge in [0, 0.05) is 12.2 Å². The van der Waals surface area contributed by atoms with Crippen LogP contribution in [0.1, 0.15) is 37.7 Å². The number of nitrogens with one attached hydrogen (secondary N) is 2. The van der Waals surface area contributed by atoms with E-state index < -0.39 is 11.7 Å². The first-order valence-electron chi connectivity index (χ1n) is 8.39. The van der Waals surface area contributed by atoms with E-state index in [9.17, 15) is 13.2 Å². The zero-order chi connectivity index (χ0) is 17.4. The van der Waals surface area contributed by atoms with Gasteiger partial charge in [-0.05, 0) is 69.3 Å². The Morgan fingerprint density at radius 2 is 1.83 bits per heavy atom. The maximum Gasteiger partial charge on any atom is 0.416 e. The summed E-state index contributed by atoms with van der Waals surface area (Å²) >= 11 is 5.15. The molecule has 1 heterocycles. The Hall–Kier alpha value is -1.34. The van der Waals surface area contributed by atoms with Gasteiger partial charge in [0.1, 0.15) is 0 Å². The average molecular weight is 359 g/mol. The van der Waals surface area contributed by atoms with Gasteiger partial charge in [-0.3, -0.25) is 0 Å². The molecule has 0 amide bonds. The summed E-state index contributed by atoms with van der Waals surface area (Å²) in [7, 11) is 0. The molecular formula is C17H24F3N3S. The molecular weight excluding hydrogens is 335 g/mol. The van der Waals surface area contributed by atoms with Crippen molar-refractivity contribution >= 4 is 23.0 Å². The summed E-state index contributed by atoms with van der Waals surface area (Å²) in [6.07, 6.45) is 1.79. The molecule has 2 rings (SSSR count). The molecule has 0 saturated carbocycles. The predicted molar refractivity (Wildman–Crippen MR) is 95.2 cm³/mol. The van der Waals surface area contributed by atoms with Crippen molar-refractivity contribution in [2.75, 3.05) is 31.5 Å². The molecule has 0 aromatic heterocycles. The lowest BCUT2D eigenvalue weighted by molar-refractivity contribution is -0.137. The quantitative estimate of drug-likeness (QED) is 0.607. The summed E-state index contributed by atoms with van der Waals surface area (Å²) in [6, 6.07) is 5.04. The number of hydrogen-bond acceptors (Lipinski definition) is 2. The zero-order valence-corrected chi connectivity index (χ0v) is 14.5. The highest BCUT2D eigenvalue weighted by Gasteiger charge is 2.30. The van der Waals surface area contributed by atoms with Crippen molar-refractivity contribution in [3.05, 3.63) is 29.8 Å². The third-order valence-corrected chi connectivity index (χ3v) is 4.33. The first kappa shape index (κ1) is 19.0. The van der Waals surface area contributed by atoms with Crippen LogP contribution in [0.25, 0.3) is 0 Å². The summed E-state index contributed by atoms with van der Waals surface area (Å²) < 4.78 is 38.0. The maximum atomic E-state index is 12.7. The van der Waals surface area contributed by atoms with Crippen LogP contribution in [0.3, 0.4) is 0 Å². The van der Waals surface area contributed by atoms with E-state index >= 15 is 0 Å². The number of alkyl halides is 3. The second-order valence-corrected chi connectivity index (χ2v) is 6.48. The lowest BCUT2D eigenvalue weighted by Gasteiger charge is -2.20. The molecule has 134 valence electrons. The maximum absolute atomic E-state index is 12.7. The van der Waals surface area contributed by atoms with Gasteiger partial charge in [-0.15, -0.1) is 0 Å². The van der Waals surface area contributed by atoms with E-state index in [0.29, 0.717) is 17.3 Å². The topological polar surface area (TPSA) is 27.3 Å². The highest BCUT2D eigenvalue weighted by molar-refractivity contribution is 7.80. The van der Waals surface area contributed by atoms with Crippen molar-refractivity contribution in [3.8, 4) is 0 Å². The minimum Gasteiger partial charge on any atom is -0.362 e. The SMILES string of the molecule is FC(F)(F)c1cccc(NC(=S)NCCCN2CCCCCC2)c1. The molecule has 1 saturated heterocycles. The van der Waals surface area contributed by atoms with Gasteiger partial charge < -0.3 is 15.5 Å². The molecule has 1 aliphatic heterocycles. The van der Waals surface area contributed by atoms with Crippen LogP contribution in [0.5, 0.6) is 0 Å². The van der Waals surface area contributed by atoms with E-state index in [1.165, 1.54) is 31.7 Å². The lowest BCUT2D eigenvalue weighted by Crippen LogP contribution is -2.32. The second-order valence-electron chi connectivity index (χ2n) is 6.07. The third kappa shape index (κ3) is 6.65. The van der Waals surface area contributed by atoms with Crippen molar-refractivity contribution in [1.82, 2.24) is 10.2 Å². The number of thiocarbonyl (C=S) groups is 1. The van der Waals surface area contributed by atoms with Crippen molar-refractivity contribution in [1.29, 1.82) is 0 Å². The highest BCUT2D eigenvalue weighted by atomic mass is 32.1. The molecule has 0 bridgehead atoms. The van der Waals surface area contributed by atoms with Crippen LogP contribution in [0.2, 0.25) is 0 Å². The van der Waals surface area contributed by atoms with Gasteiger partial charge >= 0.3 is 6.18 Å². The molecule has 1 aromatic rings. The van der Waals surface area contributed by atoms with Crippen LogP contribution in [0.15, 0.2) is 24.3 Å². The summed E-state index contributed by atoms with van der Waals surface area (Å²) in [5.41, 5.74) is -0.341. The van der Waals surface area contributed by atoms with Crippen LogP contribution in [-0.2, 0) is 6.18 Å². The van der Waals surface area contributed by atoms with E-state index in [-0.39, 0.29) is 0 Å². The smallest absolute Gasteiger partial charge is 0.362 e. The van der Waals surface area contributed by atoms with Gasteiger partial charge in [0.05, 0.1) is 5.56 Å². The Balaban J connectivity index is 1.69. The number of likely N-dealkylation sites (tertiary alicyclic amines) is 1. The number of halogens is 3. The van der Waals surface area contributed by atoms with Gasteiger partial charge in [-0.1, -0.05) is 18.9 Å². The number of rotatable bonds is 5. The van der Waals surface area contributed by atoms with Crippen LogP contribution in [0.4, 0.5) is 18.9 Å². The zero-order valence-electron chi connectivity index (χ0n) is 13.7. The molecule has 0 aliphatic carbocycles. The fourth-order valence-corrected chi connectivity index (χ4v) is 3.03. The highest BCUT2D eigenvalue weighted by Crippen LogP contribution is 2.30. The fourth-order valence-electron chi connectivity index (χ4n) is 2.81. The Morgan fingerprint density at radius 1 is 1.12 bits per heavy atom. The number of hydrogen-bond donors (Lipinski definition) is 2. The Kier molecular flexibility index (Phi) is 7.30. The molecule has 3 nitrogen and oxygen atoms in total. The van der Waals surface area contributed by atoms with E-state index in [4.69, 9.17) is 12.2 Å². The molecule has 24 heavy (non-hydrogen) atoms. The molecule has 2 N–H and O–H groups in total. The van der Waals surface area contributed by atoms with E-state index in [1.807, 2.05) is 0 Å². The number of benzene rings is 1. The van der Waals surface area contributed by atoms with Crippen LogP contribution in [0, 0.1) is 0 Å². The Bertz CT molecular complexity index is 526. The summed E-state index contributed by atoms with van der Waals surface area (Å²) in [5, 5.41) is 6.22. The van der Waals surface area contributed by atoms with Crippen molar-refractivity contribution in [3.63, 3.8) is 0 Å². The number of nitrogens with zero attached hydrogens (tertiary/aromatic N) is 1. The van der Waals surface area contributed by atoms with Gasteiger partial charge in [0.2, 0.25) is 0 Å². The molecule has 0 spiro atoms. The molecule has 0 unspecified atom stereocenters. The summed E-state index contributed by atoms with van der Waals surface area (Å²) in [5.74, 6) is 0. The van der Waals surface area contributed by atoms with Gasteiger partial charge in [-0.25, -0.2) is 0 Å². The monoisotopic (exact) mass is 359 g/mol. The van der Waals surface area contributed by atoms with Crippen LogP contribution >= 0.6 is 12.2 Å². The third-order valence-electron chi connectivity index (χ3n) is 4.08. The van der Waals surface area contributed by atoms with Crippen LogP contribution in [-0.4, -0.2) is 36.2 Å². The first-order valence-corrected chi connectivity index (χ1v) is 8.80. The first-order chi connectivity index (χ1) is 11.4. The lowest BCUT2D eigenvalue weighted by atomic mass is 10.2. The second kappa shape index (κ2) is 9.22. The largest absolute Gasteiger partial charge is 0.416 e. The van der Waals surface area contributed by atoms with Crippen molar-refractivity contribution in [2.24, 2.45) is 0 Å². The van der Waals surface area contributed by atoms with Gasteiger partial charge in [-0.2, -0.15) is 13.2 Å². The minimum atomic E-state index is -4.35. The molecule has 1 aliphatic rings. The molecule has 7 heteroatoms. The molecule has 1 fully saturated rings. The van der Waals surface area contributed by atoms with E-state index in [2.05, 4.69) is 15.5 Å². The van der Waals surface area contributed by atoms with Crippen molar-refractivity contribution < 1.29 is 13.2 Å². The summed E-state index contributed by atoms with van der Waals surface area (Å²) in [4.78, 5) is 2.47. The Morgan fingerprint density at radius 3 is 2.50 bits per heavy atom. The fraction of sp³-hybridized carbons (Fsp3) is 0.588. The molecule has 1 aromatic carbocycles. The normalized spacial score (nSPS) is 16.5. The molecule has 0 atom stereocenters.